The van der Waals surface area contributed by atoms with Gasteiger partial charge < -0.3 is 5.32 Å². The highest BCUT2D eigenvalue weighted by atomic mass is 15.3. The zero-order chi connectivity index (χ0) is 14.8. The third-order valence-electron chi connectivity index (χ3n) is 4.16. The Morgan fingerprint density at radius 3 is 2.71 bits per heavy atom. The molecule has 1 saturated carbocycles. The number of nitrogens with zero attached hydrogens (tertiary/aromatic N) is 3. The fourth-order valence-electron chi connectivity index (χ4n) is 2.88. The number of hydrogen-bond acceptors (Lipinski definition) is 3. The number of pyridine rings is 1. The van der Waals surface area contributed by atoms with Crippen LogP contribution in [0.1, 0.15) is 43.6 Å². The lowest BCUT2D eigenvalue weighted by Crippen LogP contribution is -2.15. The van der Waals surface area contributed by atoms with Gasteiger partial charge in [0.1, 0.15) is 0 Å². The normalized spacial score (nSPS) is 14.6. The summed E-state index contributed by atoms with van der Waals surface area (Å²) in [5.74, 6) is 0. The number of hydrogen-bond donors (Lipinski definition) is 1. The van der Waals surface area contributed by atoms with Crippen LogP contribution in [0.5, 0.6) is 0 Å². The third kappa shape index (κ3) is 3.00. The van der Waals surface area contributed by atoms with Crippen molar-refractivity contribution in [3.63, 3.8) is 0 Å². The predicted octanol–water partition coefficient (Wildman–Crippen LogP) is 2.86. The van der Waals surface area contributed by atoms with Gasteiger partial charge in [-0.3, -0.25) is 9.67 Å². The van der Waals surface area contributed by atoms with Crippen molar-refractivity contribution < 1.29 is 0 Å². The maximum Gasteiger partial charge on any atom is 0.0703 e. The van der Waals surface area contributed by atoms with E-state index in [1.165, 1.54) is 40.9 Å². The van der Waals surface area contributed by atoms with E-state index in [1.54, 1.807) is 0 Å². The highest BCUT2D eigenvalue weighted by Gasteiger charge is 2.20. The van der Waals surface area contributed by atoms with Crippen LogP contribution < -0.4 is 5.32 Å². The first-order valence-electron chi connectivity index (χ1n) is 7.95. The van der Waals surface area contributed by atoms with Gasteiger partial charge in [-0.05, 0) is 37.3 Å². The maximum absolute atomic E-state index is 4.66. The number of nitrogens with one attached hydrogen (secondary N) is 1. The topological polar surface area (TPSA) is 42.7 Å². The first kappa shape index (κ1) is 14.3. The molecule has 0 unspecified atom stereocenters. The van der Waals surface area contributed by atoms with Gasteiger partial charge >= 0.3 is 0 Å². The maximum atomic E-state index is 4.66. The van der Waals surface area contributed by atoms with Crippen LogP contribution in [-0.2, 0) is 26.4 Å². The Kier molecular flexibility index (Phi) is 4.06. The molecule has 2 heterocycles. The van der Waals surface area contributed by atoms with Crippen molar-refractivity contribution >= 4 is 0 Å². The Balaban J connectivity index is 1.93. The third-order valence-corrected chi connectivity index (χ3v) is 4.16. The lowest BCUT2D eigenvalue weighted by molar-refractivity contribution is 0.686. The van der Waals surface area contributed by atoms with E-state index in [0.29, 0.717) is 0 Å². The molecular formula is C17H24N4. The highest BCUT2D eigenvalue weighted by Crippen LogP contribution is 2.28. The summed E-state index contributed by atoms with van der Waals surface area (Å²) in [5.41, 5.74) is 6.20. The predicted molar refractivity (Wildman–Crippen MR) is 85.1 cm³/mol. The van der Waals surface area contributed by atoms with Gasteiger partial charge in [-0.2, -0.15) is 5.10 Å². The van der Waals surface area contributed by atoms with Gasteiger partial charge in [0.25, 0.3) is 0 Å². The molecule has 3 rings (SSSR count). The zero-order valence-corrected chi connectivity index (χ0v) is 13.2. The molecule has 0 aromatic carbocycles. The van der Waals surface area contributed by atoms with Crippen molar-refractivity contribution in [2.45, 2.75) is 52.1 Å². The summed E-state index contributed by atoms with van der Waals surface area (Å²) in [5, 5.41) is 8.22. The Labute approximate surface area is 126 Å². The van der Waals surface area contributed by atoms with E-state index < -0.39 is 0 Å². The molecule has 0 spiro atoms. The summed E-state index contributed by atoms with van der Waals surface area (Å²) >= 11 is 0. The molecule has 2 aromatic rings. The number of aromatic nitrogens is 3. The summed E-state index contributed by atoms with van der Waals surface area (Å²) in [6.45, 7) is 5.26. The van der Waals surface area contributed by atoms with Crippen LogP contribution in [0, 0.1) is 0 Å². The van der Waals surface area contributed by atoms with Gasteiger partial charge in [0.2, 0.25) is 0 Å². The van der Waals surface area contributed by atoms with Crippen LogP contribution >= 0.6 is 0 Å². The Bertz CT molecular complexity index is 626. The van der Waals surface area contributed by atoms with Crippen molar-refractivity contribution in [1.82, 2.24) is 20.1 Å². The Morgan fingerprint density at radius 2 is 2.05 bits per heavy atom. The molecule has 4 heteroatoms. The molecule has 21 heavy (non-hydrogen) atoms. The van der Waals surface area contributed by atoms with Gasteiger partial charge in [0.15, 0.2) is 0 Å². The molecule has 112 valence electrons. The van der Waals surface area contributed by atoms with Gasteiger partial charge in [-0.25, -0.2) is 0 Å². The average Bonchev–Trinajstić information content (AvgIpc) is 3.27. The second kappa shape index (κ2) is 5.98. The molecule has 0 amide bonds. The molecule has 0 aliphatic heterocycles. The van der Waals surface area contributed by atoms with Crippen molar-refractivity contribution in [3.05, 3.63) is 35.4 Å². The summed E-state index contributed by atoms with van der Waals surface area (Å²) < 4.78 is 2.02. The fraction of sp³-hybridized carbons (Fsp3) is 0.529. The first-order valence-corrected chi connectivity index (χ1v) is 7.95. The average molecular weight is 284 g/mol. The monoisotopic (exact) mass is 284 g/mol. The molecule has 1 fully saturated rings. The molecule has 0 bridgehead atoms. The molecule has 4 nitrogen and oxygen atoms in total. The summed E-state index contributed by atoms with van der Waals surface area (Å²) in [4.78, 5) is 4.44. The van der Waals surface area contributed by atoms with Crippen molar-refractivity contribution in [2.75, 3.05) is 0 Å². The van der Waals surface area contributed by atoms with Gasteiger partial charge in [-0.1, -0.05) is 13.8 Å². The summed E-state index contributed by atoms with van der Waals surface area (Å²) in [7, 11) is 2.04. The minimum Gasteiger partial charge on any atom is -0.310 e. The Morgan fingerprint density at radius 1 is 1.24 bits per heavy atom. The smallest absolute Gasteiger partial charge is 0.0703 e. The molecule has 0 saturated heterocycles. The van der Waals surface area contributed by atoms with Crippen molar-refractivity contribution in [1.29, 1.82) is 0 Å². The standard InChI is InChI=1S/C17H24N4/c1-4-15-17(16(5-2)21(3)20-15)13-8-12(9-18-11-13)10-19-14-6-7-14/h8-9,11,14,19H,4-7,10H2,1-3H3. The second-order valence-corrected chi connectivity index (χ2v) is 5.84. The lowest BCUT2D eigenvalue weighted by atomic mass is 10.0. The van der Waals surface area contributed by atoms with Crippen LogP contribution in [0.15, 0.2) is 18.5 Å². The molecule has 1 aliphatic carbocycles. The quantitative estimate of drug-likeness (QED) is 0.887. The van der Waals surface area contributed by atoms with Crippen LogP contribution in [0.2, 0.25) is 0 Å². The SMILES string of the molecule is CCc1nn(C)c(CC)c1-c1cncc(CNC2CC2)c1. The molecular weight excluding hydrogens is 260 g/mol. The van der Waals surface area contributed by atoms with E-state index in [4.69, 9.17) is 0 Å². The largest absolute Gasteiger partial charge is 0.310 e. The van der Waals surface area contributed by atoms with Crippen molar-refractivity contribution in [2.24, 2.45) is 7.05 Å². The zero-order valence-electron chi connectivity index (χ0n) is 13.2. The van der Waals surface area contributed by atoms with Gasteiger partial charge in [-0.15, -0.1) is 0 Å². The van der Waals surface area contributed by atoms with Gasteiger partial charge in [0, 0.05) is 48.8 Å². The van der Waals surface area contributed by atoms with E-state index in [9.17, 15) is 0 Å². The van der Waals surface area contributed by atoms with Crippen LogP contribution in [0.25, 0.3) is 11.1 Å². The number of rotatable bonds is 6. The molecule has 0 radical (unpaired) electrons. The first-order chi connectivity index (χ1) is 10.2. The molecule has 0 atom stereocenters. The van der Waals surface area contributed by atoms with E-state index in [2.05, 4.69) is 35.3 Å². The van der Waals surface area contributed by atoms with E-state index in [-0.39, 0.29) is 0 Å². The summed E-state index contributed by atoms with van der Waals surface area (Å²) in [6.07, 6.45) is 8.50. The van der Waals surface area contributed by atoms with Crippen molar-refractivity contribution in [3.8, 4) is 11.1 Å². The van der Waals surface area contributed by atoms with E-state index >= 15 is 0 Å². The fourth-order valence-corrected chi connectivity index (χ4v) is 2.88. The summed E-state index contributed by atoms with van der Waals surface area (Å²) in [6, 6.07) is 2.99. The van der Waals surface area contributed by atoms with Gasteiger partial charge in [0.05, 0.1) is 5.69 Å². The molecule has 1 aliphatic rings. The minimum atomic E-state index is 0.726. The molecule has 1 N–H and O–H groups in total. The lowest BCUT2D eigenvalue weighted by Gasteiger charge is -2.08. The van der Waals surface area contributed by atoms with Crippen LogP contribution in [0.4, 0.5) is 0 Å². The second-order valence-electron chi connectivity index (χ2n) is 5.84. The highest BCUT2D eigenvalue weighted by molar-refractivity contribution is 5.68. The minimum absolute atomic E-state index is 0.726. The van der Waals surface area contributed by atoms with E-state index in [0.717, 1.165) is 25.4 Å². The molecule has 2 aromatic heterocycles. The van der Waals surface area contributed by atoms with Crippen LogP contribution in [-0.4, -0.2) is 20.8 Å². The van der Waals surface area contributed by atoms with Crippen LogP contribution in [0.3, 0.4) is 0 Å². The Hall–Kier alpha value is -1.68. The van der Waals surface area contributed by atoms with E-state index in [1.807, 2.05) is 24.1 Å². The number of aryl methyl sites for hydroxylation is 2.